The van der Waals surface area contributed by atoms with Gasteiger partial charge in [-0.05, 0) is 0 Å². The number of halogens is 2. The van der Waals surface area contributed by atoms with E-state index >= 15 is 0 Å². The van der Waals surface area contributed by atoms with Gasteiger partial charge in [-0.3, -0.25) is 0 Å². The quantitative estimate of drug-likeness (QED) is 0.529. The fourth-order valence-electron chi connectivity index (χ4n) is 0.819. The SMILES string of the molecule is OC[C@H]1OC[C@H](O)C1(F)F. The highest BCUT2D eigenvalue weighted by Crippen LogP contribution is 2.31. The number of hydrogen-bond donors (Lipinski definition) is 2. The van der Waals surface area contributed by atoms with Gasteiger partial charge in [-0.15, -0.1) is 0 Å². The van der Waals surface area contributed by atoms with Crippen molar-refractivity contribution in [3.63, 3.8) is 0 Å². The maximum atomic E-state index is 12.5. The second-order valence-electron chi connectivity index (χ2n) is 2.19. The van der Waals surface area contributed by atoms with Crippen molar-refractivity contribution in [2.45, 2.75) is 18.1 Å². The van der Waals surface area contributed by atoms with Crippen molar-refractivity contribution in [1.82, 2.24) is 0 Å². The number of rotatable bonds is 1. The lowest BCUT2D eigenvalue weighted by Crippen LogP contribution is -2.39. The van der Waals surface area contributed by atoms with E-state index in [1.807, 2.05) is 0 Å². The van der Waals surface area contributed by atoms with Crippen molar-refractivity contribution in [2.75, 3.05) is 13.2 Å². The molecule has 0 aliphatic carbocycles. The third-order valence-electron chi connectivity index (χ3n) is 1.49. The van der Waals surface area contributed by atoms with Gasteiger partial charge >= 0.3 is 5.92 Å². The molecule has 0 aromatic rings. The fraction of sp³-hybridized carbons (Fsp3) is 1.00. The number of alkyl halides is 2. The van der Waals surface area contributed by atoms with Crippen LogP contribution in [-0.2, 0) is 4.74 Å². The molecule has 3 nitrogen and oxygen atoms in total. The Morgan fingerprint density at radius 2 is 2.20 bits per heavy atom. The summed E-state index contributed by atoms with van der Waals surface area (Å²) in [6.45, 7) is -1.16. The minimum Gasteiger partial charge on any atom is -0.393 e. The van der Waals surface area contributed by atoms with Crippen LogP contribution in [0.3, 0.4) is 0 Å². The van der Waals surface area contributed by atoms with Crippen LogP contribution in [0.15, 0.2) is 0 Å². The molecule has 1 saturated heterocycles. The van der Waals surface area contributed by atoms with Crippen molar-refractivity contribution in [2.24, 2.45) is 0 Å². The molecule has 1 fully saturated rings. The topological polar surface area (TPSA) is 49.7 Å². The van der Waals surface area contributed by atoms with Gasteiger partial charge in [-0.2, -0.15) is 0 Å². The van der Waals surface area contributed by atoms with E-state index in [4.69, 9.17) is 10.2 Å². The Hall–Kier alpha value is -0.260. The average Bonchev–Trinajstić information content (AvgIpc) is 2.10. The van der Waals surface area contributed by atoms with Crippen LogP contribution in [0.4, 0.5) is 8.78 Å². The average molecular weight is 154 g/mol. The molecular weight excluding hydrogens is 146 g/mol. The van der Waals surface area contributed by atoms with Gasteiger partial charge in [-0.1, -0.05) is 0 Å². The highest BCUT2D eigenvalue weighted by Gasteiger charge is 2.52. The van der Waals surface area contributed by atoms with E-state index in [-0.39, 0.29) is 0 Å². The molecule has 1 aliphatic rings. The lowest BCUT2D eigenvalue weighted by atomic mass is 10.1. The first-order valence-electron chi connectivity index (χ1n) is 2.87. The smallest absolute Gasteiger partial charge is 0.303 e. The van der Waals surface area contributed by atoms with Gasteiger partial charge in [0.15, 0.2) is 0 Å². The van der Waals surface area contributed by atoms with E-state index in [9.17, 15) is 8.78 Å². The Morgan fingerprint density at radius 1 is 1.60 bits per heavy atom. The van der Waals surface area contributed by atoms with Crippen molar-refractivity contribution in [3.8, 4) is 0 Å². The molecule has 1 rings (SSSR count). The molecule has 1 aliphatic heterocycles. The van der Waals surface area contributed by atoms with Crippen LogP contribution in [0.25, 0.3) is 0 Å². The molecule has 1 heterocycles. The molecule has 10 heavy (non-hydrogen) atoms. The number of hydrogen-bond acceptors (Lipinski definition) is 3. The Labute approximate surface area is 56.2 Å². The molecule has 0 saturated carbocycles. The van der Waals surface area contributed by atoms with Crippen LogP contribution in [0, 0.1) is 0 Å². The second-order valence-corrected chi connectivity index (χ2v) is 2.19. The molecule has 0 unspecified atom stereocenters. The van der Waals surface area contributed by atoms with Gasteiger partial charge in [0, 0.05) is 0 Å². The van der Waals surface area contributed by atoms with Crippen molar-refractivity contribution < 1.29 is 23.7 Å². The van der Waals surface area contributed by atoms with Gasteiger partial charge in [0.1, 0.15) is 12.2 Å². The van der Waals surface area contributed by atoms with Gasteiger partial charge in [-0.25, -0.2) is 8.78 Å². The molecule has 0 spiro atoms. The fourth-order valence-corrected chi connectivity index (χ4v) is 0.819. The number of ether oxygens (including phenoxy) is 1. The van der Waals surface area contributed by atoms with Crippen LogP contribution in [-0.4, -0.2) is 41.6 Å². The summed E-state index contributed by atoms with van der Waals surface area (Å²) in [5.41, 5.74) is 0. The lowest BCUT2D eigenvalue weighted by molar-refractivity contribution is -0.123. The maximum Gasteiger partial charge on any atom is 0.303 e. The number of aliphatic hydroxyl groups is 2. The summed E-state index contributed by atoms with van der Waals surface area (Å²) in [6.07, 6.45) is -3.31. The molecule has 0 aromatic heterocycles. The zero-order chi connectivity index (χ0) is 7.78. The number of aliphatic hydroxyl groups excluding tert-OH is 2. The molecule has 2 atom stereocenters. The van der Waals surface area contributed by atoms with Crippen molar-refractivity contribution in [3.05, 3.63) is 0 Å². The Balaban J connectivity index is 2.64. The molecule has 5 heteroatoms. The Bertz CT molecular complexity index is 128. The van der Waals surface area contributed by atoms with Crippen LogP contribution in [0.2, 0.25) is 0 Å². The monoisotopic (exact) mass is 154 g/mol. The van der Waals surface area contributed by atoms with Gasteiger partial charge in [0.2, 0.25) is 0 Å². The third kappa shape index (κ3) is 1.00. The predicted molar refractivity (Wildman–Crippen MR) is 27.8 cm³/mol. The van der Waals surface area contributed by atoms with Crippen molar-refractivity contribution >= 4 is 0 Å². The molecule has 0 aromatic carbocycles. The molecule has 0 bridgehead atoms. The van der Waals surface area contributed by atoms with E-state index in [2.05, 4.69) is 4.74 Å². The summed E-state index contributed by atoms with van der Waals surface area (Å²) >= 11 is 0. The van der Waals surface area contributed by atoms with Crippen LogP contribution >= 0.6 is 0 Å². The van der Waals surface area contributed by atoms with E-state index in [1.54, 1.807) is 0 Å². The first-order chi connectivity index (χ1) is 4.59. The summed E-state index contributed by atoms with van der Waals surface area (Å²) in [5.74, 6) is -3.30. The summed E-state index contributed by atoms with van der Waals surface area (Å²) in [5, 5.41) is 16.9. The van der Waals surface area contributed by atoms with E-state index in [0.29, 0.717) is 0 Å². The van der Waals surface area contributed by atoms with Crippen LogP contribution in [0.1, 0.15) is 0 Å². The lowest BCUT2D eigenvalue weighted by Gasteiger charge is -2.16. The highest BCUT2D eigenvalue weighted by molar-refractivity contribution is 4.90. The third-order valence-corrected chi connectivity index (χ3v) is 1.49. The second kappa shape index (κ2) is 2.41. The van der Waals surface area contributed by atoms with Crippen LogP contribution < -0.4 is 0 Å². The first-order valence-corrected chi connectivity index (χ1v) is 2.87. The van der Waals surface area contributed by atoms with E-state index in [0.717, 1.165) is 0 Å². The summed E-state index contributed by atoms with van der Waals surface area (Å²) < 4.78 is 29.3. The standard InChI is InChI=1S/C5H8F2O3/c6-5(7)3(9)2-10-4(5)1-8/h3-4,8-9H,1-2H2/t3-,4+/m0/s1. The molecule has 0 amide bonds. The molecule has 60 valence electrons. The van der Waals surface area contributed by atoms with Gasteiger partial charge < -0.3 is 14.9 Å². The summed E-state index contributed by atoms with van der Waals surface area (Å²) in [6, 6.07) is 0. The maximum absolute atomic E-state index is 12.5. The summed E-state index contributed by atoms with van der Waals surface area (Å²) in [4.78, 5) is 0. The summed E-state index contributed by atoms with van der Waals surface area (Å²) in [7, 11) is 0. The molecule has 0 radical (unpaired) electrons. The zero-order valence-corrected chi connectivity index (χ0v) is 5.13. The highest BCUT2D eigenvalue weighted by atomic mass is 19.3. The van der Waals surface area contributed by atoms with E-state index in [1.165, 1.54) is 0 Å². The van der Waals surface area contributed by atoms with Crippen LogP contribution in [0.5, 0.6) is 0 Å². The zero-order valence-electron chi connectivity index (χ0n) is 5.13. The van der Waals surface area contributed by atoms with E-state index < -0.39 is 31.3 Å². The Kier molecular flexibility index (Phi) is 1.89. The Morgan fingerprint density at radius 3 is 2.40 bits per heavy atom. The molecular formula is C5H8F2O3. The molecule has 2 N–H and O–H groups in total. The van der Waals surface area contributed by atoms with Gasteiger partial charge in [0.25, 0.3) is 0 Å². The normalized spacial score (nSPS) is 38.4. The minimum absolute atomic E-state index is 0.405. The first kappa shape index (κ1) is 7.84. The van der Waals surface area contributed by atoms with Gasteiger partial charge in [0.05, 0.1) is 13.2 Å². The largest absolute Gasteiger partial charge is 0.393 e. The predicted octanol–water partition coefficient (Wildman–Crippen LogP) is -0.626. The minimum atomic E-state index is -3.30. The van der Waals surface area contributed by atoms with Crippen molar-refractivity contribution in [1.29, 1.82) is 0 Å².